The van der Waals surface area contributed by atoms with Crippen molar-refractivity contribution in [3.63, 3.8) is 0 Å². The Bertz CT molecular complexity index is 1070. The molecule has 0 fully saturated rings. The molecule has 0 aliphatic carbocycles. The molecule has 4 rings (SSSR count). The van der Waals surface area contributed by atoms with E-state index in [1.807, 2.05) is 6.92 Å². The van der Waals surface area contributed by atoms with Gasteiger partial charge in [0.25, 0.3) is 18.2 Å². The number of fused-ring (bicyclic) bond motifs is 2. The number of aromatic nitrogens is 4. The molecule has 1 aliphatic rings. The molecule has 0 radical (unpaired) electrons. The molecule has 0 aromatic carbocycles. The van der Waals surface area contributed by atoms with Crippen LogP contribution in [-0.4, -0.2) is 44.1 Å². The molecule has 8 nitrogen and oxygen atoms in total. The third kappa shape index (κ3) is 3.00. The zero-order valence-electron chi connectivity index (χ0n) is 15.3. The topological polar surface area (TPSA) is 84.5 Å². The number of amides is 2. The van der Waals surface area contributed by atoms with Crippen LogP contribution in [0.25, 0.3) is 5.52 Å². The van der Waals surface area contributed by atoms with E-state index in [1.54, 1.807) is 17.8 Å². The van der Waals surface area contributed by atoms with Gasteiger partial charge in [-0.05, 0) is 25.5 Å². The average molecular weight is 388 g/mol. The number of nitrogens with zero attached hydrogens (tertiary/aromatic N) is 5. The molecule has 4 heterocycles. The summed E-state index contributed by atoms with van der Waals surface area (Å²) in [6.45, 7) is 2.31. The van der Waals surface area contributed by atoms with E-state index >= 15 is 0 Å². The molecule has 1 aliphatic heterocycles. The normalized spacial score (nSPS) is 17.1. The van der Waals surface area contributed by atoms with Crippen molar-refractivity contribution in [1.29, 1.82) is 0 Å². The third-order valence-corrected chi connectivity index (χ3v) is 4.82. The molecule has 0 bridgehead atoms. The SMILES string of the molecule is Cc1cc2n(n1)CCC(NC(=O)c1ncn3ccc(C(F)F)cc13)C(=O)N2C. The molecule has 1 unspecified atom stereocenters. The molecule has 1 N–H and O–H groups in total. The second kappa shape index (κ2) is 6.70. The van der Waals surface area contributed by atoms with Crippen molar-refractivity contribution < 1.29 is 18.4 Å². The Morgan fingerprint density at radius 3 is 2.89 bits per heavy atom. The summed E-state index contributed by atoms with van der Waals surface area (Å²) in [4.78, 5) is 31.0. The highest BCUT2D eigenvalue weighted by Crippen LogP contribution is 2.23. The highest BCUT2D eigenvalue weighted by molar-refractivity contribution is 6.04. The highest BCUT2D eigenvalue weighted by Gasteiger charge is 2.31. The lowest BCUT2D eigenvalue weighted by Crippen LogP contribution is -2.46. The van der Waals surface area contributed by atoms with Crippen molar-refractivity contribution >= 4 is 23.1 Å². The van der Waals surface area contributed by atoms with Crippen LogP contribution in [0.2, 0.25) is 0 Å². The van der Waals surface area contributed by atoms with Crippen molar-refractivity contribution in [2.45, 2.75) is 32.4 Å². The maximum Gasteiger partial charge on any atom is 0.272 e. The minimum absolute atomic E-state index is 0.00391. The molecule has 1 atom stereocenters. The Labute approximate surface area is 158 Å². The second-order valence-corrected chi connectivity index (χ2v) is 6.73. The minimum Gasteiger partial charge on any atom is -0.339 e. The molecule has 10 heteroatoms. The molecular weight excluding hydrogens is 370 g/mol. The number of aryl methyl sites for hydroxylation is 2. The standard InChI is InChI=1S/C18H18F2N6O2/c1-10-7-14-24(2)18(28)12(4-6-26(14)23-10)22-17(27)15-13-8-11(16(19)20)3-5-25(13)9-21-15/h3,5,7-9,12,16H,4,6H2,1-2H3,(H,22,27). The summed E-state index contributed by atoms with van der Waals surface area (Å²) in [5, 5.41) is 7.04. The first-order chi connectivity index (χ1) is 13.3. The number of imidazole rings is 1. The Balaban J connectivity index is 1.58. The number of hydrogen-bond acceptors (Lipinski definition) is 4. The molecular formula is C18H18F2N6O2. The van der Waals surface area contributed by atoms with Gasteiger partial charge in [-0.2, -0.15) is 5.10 Å². The Hall–Kier alpha value is -3.30. The van der Waals surface area contributed by atoms with Gasteiger partial charge in [-0.15, -0.1) is 0 Å². The van der Waals surface area contributed by atoms with Crippen LogP contribution < -0.4 is 10.2 Å². The van der Waals surface area contributed by atoms with E-state index in [1.165, 1.54) is 34.0 Å². The largest absolute Gasteiger partial charge is 0.339 e. The van der Waals surface area contributed by atoms with Gasteiger partial charge in [0, 0.05) is 31.4 Å². The summed E-state index contributed by atoms with van der Waals surface area (Å²) in [5.74, 6) is -0.201. The predicted molar refractivity (Wildman–Crippen MR) is 96.4 cm³/mol. The van der Waals surface area contributed by atoms with E-state index in [4.69, 9.17) is 0 Å². The van der Waals surface area contributed by atoms with Crippen LogP contribution in [0, 0.1) is 6.92 Å². The fourth-order valence-electron chi connectivity index (χ4n) is 3.36. The summed E-state index contributed by atoms with van der Waals surface area (Å²) >= 11 is 0. The molecule has 0 spiro atoms. The van der Waals surface area contributed by atoms with Crippen LogP contribution in [0.1, 0.15) is 34.6 Å². The van der Waals surface area contributed by atoms with E-state index in [0.29, 0.717) is 18.8 Å². The van der Waals surface area contributed by atoms with Gasteiger partial charge in [0.05, 0.1) is 11.2 Å². The van der Waals surface area contributed by atoms with Gasteiger partial charge in [-0.1, -0.05) is 0 Å². The number of nitrogens with one attached hydrogen (secondary N) is 1. The van der Waals surface area contributed by atoms with Crippen LogP contribution >= 0.6 is 0 Å². The maximum absolute atomic E-state index is 13.0. The Morgan fingerprint density at radius 2 is 2.14 bits per heavy atom. The lowest BCUT2D eigenvalue weighted by molar-refractivity contribution is -0.120. The van der Waals surface area contributed by atoms with E-state index in [-0.39, 0.29) is 22.7 Å². The number of pyridine rings is 1. The first-order valence-corrected chi connectivity index (χ1v) is 8.73. The molecule has 3 aromatic heterocycles. The van der Waals surface area contributed by atoms with Crippen LogP contribution in [0.5, 0.6) is 0 Å². The van der Waals surface area contributed by atoms with E-state index in [9.17, 15) is 18.4 Å². The molecule has 28 heavy (non-hydrogen) atoms. The first kappa shape index (κ1) is 18.1. The number of halogens is 2. The Morgan fingerprint density at radius 1 is 1.36 bits per heavy atom. The number of hydrogen-bond donors (Lipinski definition) is 1. The van der Waals surface area contributed by atoms with E-state index in [2.05, 4.69) is 15.4 Å². The number of carbonyl (C=O) groups is 2. The second-order valence-electron chi connectivity index (χ2n) is 6.73. The van der Waals surface area contributed by atoms with Crippen molar-refractivity contribution in [1.82, 2.24) is 24.5 Å². The number of likely N-dealkylation sites (N-methyl/N-ethyl adjacent to an activating group) is 1. The predicted octanol–water partition coefficient (Wildman–Crippen LogP) is 1.94. The third-order valence-electron chi connectivity index (χ3n) is 4.82. The monoisotopic (exact) mass is 388 g/mol. The van der Waals surface area contributed by atoms with Gasteiger partial charge >= 0.3 is 0 Å². The lowest BCUT2D eigenvalue weighted by Gasteiger charge is -2.20. The zero-order chi connectivity index (χ0) is 20.0. The lowest BCUT2D eigenvalue weighted by atomic mass is 10.1. The van der Waals surface area contributed by atoms with Gasteiger partial charge in [0.15, 0.2) is 5.69 Å². The maximum atomic E-state index is 13.0. The number of carbonyl (C=O) groups excluding carboxylic acids is 2. The Kier molecular flexibility index (Phi) is 4.33. The summed E-state index contributed by atoms with van der Waals surface area (Å²) in [5.41, 5.74) is 0.855. The average Bonchev–Trinajstić information content (AvgIpc) is 3.23. The first-order valence-electron chi connectivity index (χ1n) is 8.73. The van der Waals surface area contributed by atoms with Gasteiger partial charge in [-0.25, -0.2) is 18.4 Å². The minimum atomic E-state index is -2.65. The van der Waals surface area contributed by atoms with E-state index < -0.39 is 18.4 Å². The van der Waals surface area contributed by atoms with Crippen molar-refractivity contribution in [2.75, 3.05) is 11.9 Å². The van der Waals surface area contributed by atoms with Gasteiger partial charge in [0.2, 0.25) is 0 Å². The summed E-state index contributed by atoms with van der Waals surface area (Å²) in [6, 6.07) is 3.53. The summed E-state index contributed by atoms with van der Waals surface area (Å²) < 4.78 is 29.2. The van der Waals surface area contributed by atoms with Gasteiger partial charge < -0.3 is 9.72 Å². The molecule has 146 valence electrons. The quantitative estimate of drug-likeness (QED) is 0.743. The number of rotatable bonds is 3. The van der Waals surface area contributed by atoms with Crippen molar-refractivity contribution in [3.8, 4) is 0 Å². The molecule has 3 aromatic rings. The fourth-order valence-corrected chi connectivity index (χ4v) is 3.36. The van der Waals surface area contributed by atoms with Gasteiger partial charge in [-0.3, -0.25) is 14.5 Å². The van der Waals surface area contributed by atoms with Crippen molar-refractivity contribution in [3.05, 3.63) is 47.7 Å². The van der Waals surface area contributed by atoms with Crippen LogP contribution in [0.4, 0.5) is 14.6 Å². The van der Waals surface area contributed by atoms with Crippen LogP contribution in [0.15, 0.2) is 30.7 Å². The van der Waals surface area contributed by atoms with Crippen molar-refractivity contribution in [2.24, 2.45) is 0 Å². The molecule has 0 saturated carbocycles. The van der Waals surface area contributed by atoms with Gasteiger partial charge in [0.1, 0.15) is 18.2 Å². The molecule has 2 amide bonds. The zero-order valence-corrected chi connectivity index (χ0v) is 15.3. The van der Waals surface area contributed by atoms with E-state index in [0.717, 1.165) is 5.69 Å². The number of alkyl halides is 2. The van der Waals surface area contributed by atoms with Crippen LogP contribution in [-0.2, 0) is 11.3 Å². The number of anilines is 1. The summed E-state index contributed by atoms with van der Waals surface area (Å²) in [7, 11) is 1.63. The highest BCUT2D eigenvalue weighted by atomic mass is 19.3. The summed E-state index contributed by atoms with van der Waals surface area (Å²) in [6.07, 6.45) is 0.501. The molecule has 0 saturated heterocycles. The fraction of sp³-hybridized carbons (Fsp3) is 0.333. The smallest absolute Gasteiger partial charge is 0.272 e. The van der Waals surface area contributed by atoms with Crippen LogP contribution in [0.3, 0.4) is 0 Å².